The summed E-state index contributed by atoms with van der Waals surface area (Å²) < 4.78 is 32.0. The summed E-state index contributed by atoms with van der Waals surface area (Å²) in [6.45, 7) is 10.3. The van der Waals surface area contributed by atoms with Crippen molar-refractivity contribution in [3.8, 4) is 28.4 Å². The number of benzene rings is 3. The van der Waals surface area contributed by atoms with Crippen LogP contribution in [0.25, 0.3) is 11.1 Å². The van der Waals surface area contributed by atoms with E-state index >= 15 is 0 Å². The zero-order chi connectivity index (χ0) is 43.4. The van der Waals surface area contributed by atoms with Crippen LogP contribution in [-0.4, -0.2) is 103 Å². The van der Waals surface area contributed by atoms with Crippen LogP contribution >= 0.6 is 0 Å². The fraction of sp³-hybridized carbons (Fsp3) is 0.510. The van der Waals surface area contributed by atoms with E-state index in [4.69, 9.17) is 33.7 Å². The number of methoxy groups -OCH3 is 1. The van der Waals surface area contributed by atoms with Crippen LogP contribution in [0.1, 0.15) is 77.2 Å². The van der Waals surface area contributed by atoms with E-state index in [1.54, 1.807) is 11.0 Å². The van der Waals surface area contributed by atoms with E-state index in [2.05, 4.69) is 43.0 Å². The number of unbranched alkanes of at least 4 members (excludes halogenated alkanes) is 2. The summed E-state index contributed by atoms with van der Waals surface area (Å²) in [6.07, 6.45) is 8.17. The van der Waals surface area contributed by atoms with Gasteiger partial charge in [-0.1, -0.05) is 72.6 Å². The second-order valence-electron chi connectivity index (χ2n) is 17.0. The van der Waals surface area contributed by atoms with Crippen molar-refractivity contribution < 1.29 is 48.6 Å². The number of rotatable bonds is 21. The van der Waals surface area contributed by atoms with Gasteiger partial charge in [0, 0.05) is 37.7 Å². The van der Waals surface area contributed by atoms with Gasteiger partial charge in [0.2, 0.25) is 5.79 Å². The lowest BCUT2D eigenvalue weighted by molar-refractivity contribution is -0.256. The molecule has 1 saturated carbocycles. The molecule has 1 aliphatic heterocycles. The number of nitrogens with zero attached hydrogens (tertiary/aromatic N) is 2. The number of oxime groups is 1. The molecular formula is C49H64N2O10. The monoisotopic (exact) mass is 840 g/mol. The van der Waals surface area contributed by atoms with Crippen molar-refractivity contribution >= 4 is 11.8 Å². The van der Waals surface area contributed by atoms with Crippen LogP contribution in [0, 0.1) is 17.8 Å². The summed E-state index contributed by atoms with van der Waals surface area (Å²) in [7, 11) is 1.35. The molecule has 2 aliphatic carbocycles. The largest absolute Gasteiger partial charge is 0.459 e. The second-order valence-corrected chi connectivity index (χ2v) is 17.0. The molecule has 0 aromatic heterocycles. The quantitative estimate of drug-likeness (QED) is 0.0541. The highest BCUT2D eigenvalue weighted by Gasteiger charge is 2.65. The van der Waals surface area contributed by atoms with Crippen molar-refractivity contribution in [2.24, 2.45) is 22.9 Å². The Labute approximate surface area is 360 Å². The Morgan fingerprint density at radius 1 is 0.918 bits per heavy atom. The molecule has 1 amide bonds. The summed E-state index contributed by atoms with van der Waals surface area (Å²) in [5, 5.41) is 34.2. The molecule has 6 atom stereocenters. The minimum atomic E-state index is -1.45. The minimum Gasteiger partial charge on any atom is -0.459 e. The maximum atomic E-state index is 14.0. The van der Waals surface area contributed by atoms with Crippen LogP contribution in [0.4, 0.5) is 4.79 Å². The van der Waals surface area contributed by atoms with E-state index in [1.807, 2.05) is 63.2 Å². The van der Waals surface area contributed by atoms with Crippen LogP contribution in [0.2, 0.25) is 0 Å². The Balaban J connectivity index is 1.54. The smallest absolute Gasteiger partial charge is 0.410 e. The third-order valence-electron chi connectivity index (χ3n) is 11.8. The van der Waals surface area contributed by atoms with Gasteiger partial charge in [-0.3, -0.25) is 4.90 Å². The standard InChI is InChI=1S/C49H64N2O10/c1-6-28-58-49-44(51(47(55)56-5)24-29-57-30-27-54)33-42(50-61-48(2,3)4)40-31-36(16-10-12-25-52)39(17-11-13-26-53)45(46(40)49)41-32-38(22-23-43(41)60-49)59-37-20-18-35(19-21-37)34-14-8-7-9-15-34/h6-9,14-15,18-23,31-32,36,39,44-46,52-54H,1,10-13,16-17,24-30,33H2,2-5H3/t36-,39+,44-,45+,46+,49+/m0/s1. The maximum absolute atomic E-state index is 14.0. The molecule has 12 nitrogen and oxygen atoms in total. The number of hydrogen-bond acceptors (Lipinski definition) is 11. The molecule has 12 heteroatoms. The molecule has 0 unspecified atom stereocenters. The first-order chi connectivity index (χ1) is 29.6. The molecule has 0 radical (unpaired) electrons. The van der Waals surface area contributed by atoms with Gasteiger partial charge in [0.15, 0.2) is 0 Å². The van der Waals surface area contributed by atoms with Crippen molar-refractivity contribution in [1.82, 2.24) is 4.90 Å². The lowest BCUT2D eigenvalue weighted by Crippen LogP contribution is -2.70. The normalized spacial score (nSPS) is 23.6. The van der Waals surface area contributed by atoms with Gasteiger partial charge in [-0.05, 0) is 105 Å². The topological polar surface area (TPSA) is 149 Å². The van der Waals surface area contributed by atoms with Gasteiger partial charge in [-0.15, -0.1) is 6.58 Å². The Hall–Kier alpha value is -4.72. The molecule has 0 saturated heterocycles. The molecular weight excluding hydrogens is 777 g/mol. The van der Waals surface area contributed by atoms with Gasteiger partial charge in [0.05, 0.1) is 45.2 Å². The van der Waals surface area contributed by atoms with Gasteiger partial charge < -0.3 is 43.8 Å². The molecule has 0 bridgehead atoms. The average molecular weight is 841 g/mol. The SMILES string of the molecule is C=CCO[C@@]12Oc3ccc(Oc4ccc(-c5ccccc5)cc4)cc3[C@H]3[C@H](CCCCO)[C@@H](CCCCO)C=C(C(=NOC(C)(C)C)C[C@@H]1N(CCOCCO)C(=O)OC)[C@H]32. The number of aliphatic hydroxyl groups excluding tert-OH is 3. The first kappa shape index (κ1) is 45.8. The molecule has 3 aromatic carbocycles. The molecule has 3 aromatic rings. The van der Waals surface area contributed by atoms with Crippen molar-refractivity contribution in [2.45, 2.75) is 89.1 Å². The zero-order valence-corrected chi connectivity index (χ0v) is 36.2. The first-order valence-electron chi connectivity index (χ1n) is 21.7. The Bertz CT molecular complexity index is 1940. The number of hydrogen-bond donors (Lipinski definition) is 3. The lowest BCUT2D eigenvalue weighted by atomic mass is 9.55. The second kappa shape index (κ2) is 21.4. The van der Waals surface area contributed by atoms with Crippen molar-refractivity contribution in [2.75, 3.05) is 53.3 Å². The third kappa shape index (κ3) is 10.8. The molecule has 3 N–H and O–H groups in total. The highest BCUT2D eigenvalue weighted by Crippen LogP contribution is 2.62. The predicted molar refractivity (Wildman–Crippen MR) is 235 cm³/mol. The summed E-state index contributed by atoms with van der Waals surface area (Å²) in [5.41, 5.74) is 4.14. The molecule has 330 valence electrons. The number of allylic oxidation sites excluding steroid dienone is 1. The number of carbonyl (C=O) groups excluding carboxylic acids is 1. The summed E-state index contributed by atoms with van der Waals surface area (Å²) in [6, 6.07) is 23.4. The zero-order valence-electron chi connectivity index (χ0n) is 36.2. The third-order valence-corrected chi connectivity index (χ3v) is 11.8. The fourth-order valence-electron chi connectivity index (χ4n) is 9.21. The summed E-state index contributed by atoms with van der Waals surface area (Å²) >= 11 is 0. The maximum Gasteiger partial charge on any atom is 0.410 e. The van der Waals surface area contributed by atoms with Crippen molar-refractivity contribution in [3.63, 3.8) is 0 Å². The van der Waals surface area contributed by atoms with Crippen LogP contribution in [-0.2, 0) is 19.0 Å². The van der Waals surface area contributed by atoms with Crippen LogP contribution in [0.5, 0.6) is 17.2 Å². The van der Waals surface area contributed by atoms with Crippen LogP contribution < -0.4 is 9.47 Å². The first-order valence-corrected chi connectivity index (χ1v) is 21.7. The number of aliphatic hydroxyl groups is 3. The number of ether oxygens (including phenoxy) is 5. The summed E-state index contributed by atoms with van der Waals surface area (Å²) in [4.78, 5) is 21.7. The van der Waals surface area contributed by atoms with Gasteiger partial charge in [-0.25, -0.2) is 4.79 Å². The predicted octanol–water partition coefficient (Wildman–Crippen LogP) is 8.66. The molecule has 1 heterocycles. The van der Waals surface area contributed by atoms with Crippen LogP contribution in [0.3, 0.4) is 0 Å². The highest BCUT2D eigenvalue weighted by atomic mass is 16.7. The van der Waals surface area contributed by atoms with Gasteiger partial charge in [-0.2, -0.15) is 0 Å². The van der Waals surface area contributed by atoms with E-state index in [1.165, 1.54) is 7.11 Å². The minimum absolute atomic E-state index is 0.0387. The number of fused-ring (bicyclic) bond motifs is 2. The number of carbonyl (C=O) groups is 1. The lowest BCUT2D eigenvalue weighted by Gasteiger charge is -2.59. The summed E-state index contributed by atoms with van der Waals surface area (Å²) in [5.74, 6) is -0.137. The van der Waals surface area contributed by atoms with Gasteiger partial charge in [0.25, 0.3) is 0 Å². The average Bonchev–Trinajstić information content (AvgIpc) is 3.26. The van der Waals surface area contributed by atoms with E-state index in [0.29, 0.717) is 35.8 Å². The van der Waals surface area contributed by atoms with E-state index in [9.17, 15) is 20.1 Å². The molecule has 0 spiro atoms. The molecule has 6 rings (SSSR count). The van der Waals surface area contributed by atoms with E-state index < -0.39 is 29.4 Å². The van der Waals surface area contributed by atoms with E-state index in [-0.39, 0.29) is 70.4 Å². The Morgan fingerprint density at radius 3 is 2.30 bits per heavy atom. The molecule has 61 heavy (non-hydrogen) atoms. The van der Waals surface area contributed by atoms with Gasteiger partial charge in [0.1, 0.15) is 28.9 Å². The van der Waals surface area contributed by atoms with Crippen molar-refractivity contribution in [3.05, 3.63) is 103 Å². The molecule has 3 aliphatic rings. The highest BCUT2D eigenvalue weighted by molar-refractivity contribution is 6.03. The van der Waals surface area contributed by atoms with Crippen LogP contribution in [0.15, 0.2) is 102 Å². The molecule has 1 fully saturated rings. The fourth-order valence-corrected chi connectivity index (χ4v) is 9.21. The van der Waals surface area contributed by atoms with E-state index in [0.717, 1.165) is 47.9 Å². The van der Waals surface area contributed by atoms with Crippen molar-refractivity contribution in [1.29, 1.82) is 0 Å². The Morgan fingerprint density at radius 2 is 1.62 bits per heavy atom. The van der Waals surface area contributed by atoms with Gasteiger partial charge >= 0.3 is 6.09 Å². The number of amides is 1. The Kier molecular flexibility index (Phi) is 16.1.